The molecule has 220 valence electrons. The van der Waals surface area contributed by atoms with Crippen molar-refractivity contribution in [2.24, 2.45) is 0 Å². The maximum absolute atomic E-state index is 13.6. The SMILES string of the molecule is O=C(Cc1ccccc1)N(CCN1CCOCC1)Cc1cnc(S(=O)(=O)Cc2ccc(F)cc2)n1Cc1ccccc1. The Hall–Kier alpha value is -3.86. The summed E-state index contributed by atoms with van der Waals surface area (Å²) >= 11 is 0. The molecule has 2 heterocycles. The number of sulfone groups is 1. The molecule has 1 amide bonds. The van der Waals surface area contributed by atoms with Crippen LogP contribution in [0.5, 0.6) is 0 Å². The van der Waals surface area contributed by atoms with E-state index in [0.29, 0.717) is 37.6 Å². The molecule has 10 heteroatoms. The Labute approximate surface area is 246 Å². The highest BCUT2D eigenvalue weighted by molar-refractivity contribution is 7.90. The van der Waals surface area contributed by atoms with Crippen LogP contribution in [0, 0.1) is 5.82 Å². The summed E-state index contributed by atoms with van der Waals surface area (Å²) in [6.07, 6.45) is 1.80. The quantitative estimate of drug-likeness (QED) is 0.249. The summed E-state index contributed by atoms with van der Waals surface area (Å²) in [6, 6.07) is 24.6. The number of hydrogen-bond acceptors (Lipinski definition) is 6. The van der Waals surface area contributed by atoms with Gasteiger partial charge in [0.25, 0.3) is 0 Å². The van der Waals surface area contributed by atoms with Gasteiger partial charge in [-0.15, -0.1) is 0 Å². The molecule has 1 saturated heterocycles. The minimum Gasteiger partial charge on any atom is -0.379 e. The first-order chi connectivity index (χ1) is 20.4. The van der Waals surface area contributed by atoms with Gasteiger partial charge >= 0.3 is 0 Å². The maximum atomic E-state index is 13.6. The van der Waals surface area contributed by atoms with E-state index in [2.05, 4.69) is 9.88 Å². The van der Waals surface area contributed by atoms with Crippen molar-refractivity contribution in [3.63, 3.8) is 0 Å². The molecule has 0 aliphatic carbocycles. The van der Waals surface area contributed by atoms with Crippen LogP contribution >= 0.6 is 0 Å². The van der Waals surface area contributed by atoms with E-state index < -0.39 is 15.7 Å². The summed E-state index contributed by atoms with van der Waals surface area (Å²) in [4.78, 5) is 22.1. The van der Waals surface area contributed by atoms with E-state index in [4.69, 9.17) is 4.74 Å². The van der Waals surface area contributed by atoms with Crippen LogP contribution in [0.25, 0.3) is 0 Å². The number of halogens is 1. The van der Waals surface area contributed by atoms with Crippen molar-refractivity contribution < 1.29 is 22.3 Å². The summed E-state index contributed by atoms with van der Waals surface area (Å²) < 4.78 is 47.9. The number of carbonyl (C=O) groups is 1. The first-order valence-corrected chi connectivity index (χ1v) is 15.7. The molecule has 42 heavy (non-hydrogen) atoms. The van der Waals surface area contributed by atoms with Crippen molar-refractivity contribution in [3.8, 4) is 0 Å². The molecule has 0 bridgehead atoms. The Morgan fingerprint density at radius 3 is 2.19 bits per heavy atom. The molecule has 0 N–H and O–H groups in total. The second-order valence-corrected chi connectivity index (χ2v) is 12.3. The molecule has 1 aliphatic heterocycles. The van der Waals surface area contributed by atoms with Crippen LogP contribution in [0.2, 0.25) is 0 Å². The smallest absolute Gasteiger partial charge is 0.228 e. The number of carbonyl (C=O) groups excluding carboxylic acids is 1. The molecule has 0 radical (unpaired) electrons. The normalized spacial score (nSPS) is 14.1. The minimum atomic E-state index is -3.89. The Balaban J connectivity index is 1.44. The minimum absolute atomic E-state index is 0.0439. The van der Waals surface area contributed by atoms with Crippen molar-refractivity contribution in [1.82, 2.24) is 19.4 Å². The molecule has 4 aromatic rings. The molecule has 1 fully saturated rings. The molecular formula is C32H35FN4O4S. The molecule has 8 nitrogen and oxygen atoms in total. The summed E-state index contributed by atoms with van der Waals surface area (Å²) in [6.45, 7) is 4.59. The number of aromatic nitrogens is 2. The number of nitrogens with zero attached hydrogens (tertiary/aromatic N) is 4. The number of amides is 1. The van der Waals surface area contributed by atoms with Gasteiger partial charge in [0, 0.05) is 26.2 Å². The van der Waals surface area contributed by atoms with Gasteiger partial charge in [-0.1, -0.05) is 72.8 Å². The van der Waals surface area contributed by atoms with Gasteiger partial charge in [0.1, 0.15) is 5.82 Å². The highest BCUT2D eigenvalue weighted by atomic mass is 32.2. The number of rotatable bonds is 12. The van der Waals surface area contributed by atoms with Gasteiger partial charge in [-0.05, 0) is 28.8 Å². The predicted octanol–water partition coefficient (Wildman–Crippen LogP) is 3.95. The highest BCUT2D eigenvalue weighted by Crippen LogP contribution is 2.21. The molecule has 5 rings (SSSR count). The third kappa shape index (κ3) is 7.90. The Morgan fingerprint density at radius 2 is 1.52 bits per heavy atom. The monoisotopic (exact) mass is 590 g/mol. The van der Waals surface area contributed by atoms with Crippen molar-refractivity contribution in [2.75, 3.05) is 39.4 Å². The second kappa shape index (κ2) is 13.9. The lowest BCUT2D eigenvalue weighted by Gasteiger charge is -2.30. The van der Waals surface area contributed by atoms with E-state index in [1.807, 2.05) is 60.7 Å². The van der Waals surface area contributed by atoms with E-state index in [0.717, 1.165) is 24.2 Å². The second-order valence-electron chi connectivity index (χ2n) is 10.4. The zero-order valence-corrected chi connectivity index (χ0v) is 24.3. The lowest BCUT2D eigenvalue weighted by molar-refractivity contribution is -0.131. The van der Waals surface area contributed by atoms with Gasteiger partial charge in [-0.25, -0.2) is 17.8 Å². The number of hydrogen-bond donors (Lipinski definition) is 0. The van der Waals surface area contributed by atoms with Gasteiger partial charge in [0.2, 0.25) is 20.9 Å². The molecular weight excluding hydrogens is 555 g/mol. The molecule has 3 aromatic carbocycles. The topological polar surface area (TPSA) is 84.7 Å². The summed E-state index contributed by atoms with van der Waals surface area (Å²) in [5.74, 6) is -0.786. The molecule has 0 spiro atoms. The van der Waals surface area contributed by atoms with Crippen molar-refractivity contribution in [3.05, 3.63) is 119 Å². The predicted molar refractivity (Wildman–Crippen MR) is 158 cm³/mol. The van der Waals surface area contributed by atoms with Crippen molar-refractivity contribution >= 4 is 15.7 Å². The fraction of sp³-hybridized carbons (Fsp3) is 0.312. The Bertz CT molecular complexity index is 1560. The van der Waals surface area contributed by atoms with E-state index in [-0.39, 0.29) is 36.3 Å². The van der Waals surface area contributed by atoms with Crippen LogP contribution in [-0.2, 0) is 44.6 Å². The van der Waals surface area contributed by atoms with Crippen LogP contribution in [0.15, 0.2) is 96.3 Å². The van der Waals surface area contributed by atoms with Crippen molar-refractivity contribution in [1.29, 1.82) is 0 Å². The molecule has 0 saturated carbocycles. The molecule has 0 atom stereocenters. The maximum Gasteiger partial charge on any atom is 0.228 e. The Morgan fingerprint density at radius 1 is 0.881 bits per heavy atom. The zero-order valence-electron chi connectivity index (χ0n) is 23.4. The number of morpholine rings is 1. The zero-order chi connectivity index (χ0) is 29.4. The van der Waals surface area contributed by atoms with E-state index in [1.165, 1.54) is 24.3 Å². The summed E-state index contributed by atoms with van der Waals surface area (Å²) in [7, 11) is -3.89. The van der Waals surface area contributed by atoms with Gasteiger partial charge in [-0.3, -0.25) is 9.69 Å². The molecule has 0 unspecified atom stereocenters. The number of imidazole rings is 1. The third-order valence-corrected chi connectivity index (χ3v) is 8.92. The van der Waals surface area contributed by atoms with Crippen LogP contribution in [-0.4, -0.2) is 73.1 Å². The van der Waals surface area contributed by atoms with Gasteiger partial charge in [-0.2, -0.15) is 0 Å². The summed E-state index contributed by atoms with van der Waals surface area (Å²) in [5.41, 5.74) is 2.92. The van der Waals surface area contributed by atoms with Crippen LogP contribution < -0.4 is 0 Å². The largest absolute Gasteiger partial charge is 0.379 e. The van der Waals surface area contributed by atoms with Crippen LogP contribution in [0.1, 0.15) is 22.4 Å². The van der Waals surface area contributed by atoms with E-state index in [9.17, 15) is 17.6 Å². The fourth-order valence-corrected chi connectivity index (χ4v) is 6.51. The first-order valence-electron chi connectivity index (χ1n) is 14.0. The van der Waals surface area contributed by atoms with Crippen LogP contribution in [0.3, 0.4) is 0 Å². The van der Waals surface area contributed by atoms with Gasteiger partial charge < -0.3 is 14.2 Å². The van der Waals surface area contributed by atoms with Gasteiger partial charge in [0.15, 0.2) is 0 Å². The first kappa shape index (κ1) is 29.6. The standard InChI is InChI=1S/C32H35FN4O4S/c33-29-13-11-28(12-14-29)25-42(39,40)32-34-22-30(37(32)23-27-9-5-2-6-10-27)24-36(16-15-35-17-19-41-20-18-35)31(38)21-26-7-3-1-4-8-26/h1-14,22H,15-21,23-25H2. The lowest BCUT2D eigenvalue weighted by Crippen LogP contribution is -2.43. The molecule has 1 aliphatic rings. The average molecular weight is 591 g/mol. The van der Waals surface area contributed by atoms with E-state index in [1.54, 1.807) is 15.7 Å². The van der Waals surface area contributed by atoms with E-state index >= 15 is 0 Å². The third-order valence-electron chi connectivity index (χ3n) is 7.33. The number of ether oxygens (including phenoxy) is 1. The lowest BCUT2D eigenvalue weighted by atomic mass is 10.1. The highest BCUT2D eigenvalue weighted by Gasteiger charge is 2.26. The average Bonchev–Trinajstić information content (AvgIpc) is 3.40. The number of benzene rings is 3. The van der Waals surface area contributed by atoms with Gasteiger partial charge in [0.05, 0.1) is 50.4 Å². The molecule has 1 aromatic heterocycles. The summed E-state index contributed by atoms with van der Waals surface area (Å²) in [5, 5.41) is -0.0747. The van der Waals surface area contributed by atoms with Crippen LogP contribution in [0.4, 0.5) is 4.39 Å². The Kier molecular flexibility index (Phi) is 9.78. The van der Waals surface area contributed by atoms with Crippen molar-refractivity contribution in [2.45, 2.75) is 30.4 Å². The fourth-order valence-electron chi connectivity index (χ4n) is 5.02.